The average molecular weight is 441 g/mol. The second-order valence-corrected chi connectivity index (χ2v) is 7.86. The predicted octanol–water partition coefficient (Wildman–Crippen LogP) is 3.51. The first kappa shape index (κ1) is 22.4. The highest BCUT2D eigenvalue weighted by Crippen LogP contribution is 2.19. The molecule has 0 bridgehead atoms. The van der Waals surface area contributed by atoms with Crippen LogP contribution in [0.25, 0.3) is 0 Å². The summed E-state index contributed by atoms with van der Waals surface area (Å²) in [6, 6.07) is 12.9. The molecule has 8 nitrogen and oxygen atoms in total. The van der Waals surface area contributed by atoms with E-state index in [0.717, 1.165) is 16.9 Å². The van der Waals surface area contributed by atoms with Crippen LogP contribution < -0.4 is 15.4 Å². The van der Waals surface area contributed by atoms with Crippen molar-refractivity contribution in [3.8, 4) is 5.75 Å². The van der Waals surface area contributed by atoms with Crippen molar-refractivity contribution < 1.29 is 18.8 Å². The maximum atomic E-state index is 12.2. The summed E-state index contributed by atoms with van der Waals surface area (Å²) in [6.07, 6.45) is 3.49. The van der Waals surface area contributed by atoms with Gasteiger partial charge in [-0.05, 0) is 37.6 Å². The fourth-order valence-corrected chi connectivity index (χ4v) is 3.34. The standard InChI is InChI=1S/C22H24N4O4S/c1-15-10-20(26-30-15)25-22(28)14-31-13-21(27)24-16(2)18-5-7-19(8-6-18)29-12-17-4-3-9-23-11-17/h3-11,16H,12-14H2,1-2H3,(H,24,27)(H,25,26,28). The lowest BCUT2D eigenvalue weighted by Gasteiger charge is -2.15. The first-order chi connectivity index (χ1) is 15.0. The number of nitrogens with zero attached hydrogens (tertiary/aromatic N) is 2. The van der Waals surface area contributed by atoms with E-state index in [1.807, 2.05) is 43.3 Å². The second kappa shape index (κ2) is 11.2. The van der Waals surface area contributed by atoms with Gasteiger partial charge in [-0.25, -0.2) is 0 Å². The third-order valence-corrected chi connectivity index (χ3v) is 5.18. The van der Waals surface area contributed by atoms with E-state index in [1.54, 1.807) is 25.4 Å². The maximum Gasteiger partial charge on any atom is 0.235 e. The molecule has 2 amide bonds. The quantitative estimate of drug-likeness (QED) is 0.497. The first-order valence-electron chi connectivity index (χ1n) is 9.71. The van der Waals surface area contributed by atoms with Crippen LogP contribution in [0.4, 0.5) is 5.82 Å². The molecule has 0 radical (unpaired) electrons. The van der Waals surface area contributed by atoms with Gasteiger partial charge in [0.05, 0.1) is 17.5 Å². The maximum absolute atomic E-state index is 12.2. The number of carbonyl (C=O) groups is 2. The van der Waals surface area contributed by atoms with Gasteiger partial charge in [0.15, 0.2) is 5.82 Å². The predicted molar refractivity (Wildman–Crippen MR) is 119 cm³/mol. The number of benzene rings is 1. The van der Waals surface area contributed by atoms with Gasteiger partial charge < -0.3 is 19.9 Å². The van der Waals surface area contributed by atoms with E-state index in [1.165, 1.54) is 11.8 Å². The largest absolute Gasteiger partial charge is 0.489 e. The summed E-state index contributed by atoms with van der Waals surface area (Å²) in [7, 11) is 0. The Bertz CT molecular complexity index is 992. The van der Waals surface area contributed by atoms with Crippen molar-refractivity contribution >= 4 is 29.4 Å². The molecule has 9 heteroatoms. The minimum atomic E-state index is -0.235. The van der Waals surface area contributed by atoms with Gasteiger partial charge in [-0.15, -0.1) is 11.8 Å². The van der Waals surface area contributed by atoms with Crippen LogP contribution in [0.3, 0.4) is 0 Å². The van der Waals surface area contributed by atoms with Crippen LogP contribution in [0.1, 0.15) is 29.9 Å². The molecule has 0 aliphatic heterocycles. The summed E-state index contributed by atoms with van der Waals surface area (Å²) in [4.78, 5) is 28.1. The number of anilines is 1. The van der Waals surface area contributed by atoms with Gasteiger partial charge in [0.25, 0.3) is 0 Å². The number of carbonyl (C=O) groups excluding carboxylic acids is 2. The Morgan fingerprint density at radius 3 is 2.61 bits per heavy atom. The Hall–Kier alpha value is -3.33. The molecule has 2 heterocycles. The highest BCUT2D eigenvalue weighted by molar-refractivity contribution is 8.00. The van der Waals surface area contributed by atoms with Gasteiger partial charge in [0.2, 0.25) is 11.8 Å². The Labute approximate surface area is 184 Å². The fourth-order valence-electron chi connectivity index (χ4n) is 2.71. The molecule has 2 aromatic heterocycles. The molecule has 1 aromatic carbocycles. The van der Waals surface area contributed by atoms with Crippen molar-refractivity contribution in [3.05, 3.63) is 71.7 Å². The van der Waals surface area contributed by atoms with E-state index in [2.05, 4.69) is 20.8 Å². The van der Waals surface area contributed by atoms with Gasteiger partial charge in [-0.2, -0.15) is 0 Å². The topological polar surface area (TPSA) is 106 Å². The van der Waals surface area contributed by atoms with Crippen molar-refractivity contribution in [1.29, 1.82) is 0 Å². The fraction of sp³-hybridized carbons (Fsp3) is 0.273. The molecule has 2 N–H and O–H groups in total. The highest BCUT2D eigenvalue weighted by Gasteiger charge is 2.12. The van der Waals surface area contributed by atoms with Gasteiger partial charge in [0, 0.05) is 24.0 Å². The zero-order valence-electron chi connectivity index (χ0n) is 17.3. The molecular weight excluding hydrogens is 416 g/mol. The van der Waals surface area contributed by atoms with Crippen molar-refractivity contribution in [2.45, 2.75) is 26.5 Å². The average Bonchev–Trinajstić information content (AvgIpc) is 3.17. The number of rotatable bonds is 10. The van der Waals surface area contributed by atoms with Crippen molar-refractivity contribution in [3.63, 3.8) is 0 Å². The molecule has 0 spiro atoms. The number of aromatic nitrogens is 2. The molecule has 3 rings (SSSR count). The molecule has 1 atom stereocenters. The van der Waals surface area contributed by atoms with Crippen molar-refractivity contribution in [2.24, 2.45) is 0 Å². The molecule has 0 aliphatic rings. The highest BCUT2D eigenvalue weighted by atomic mass is 32.2. The summed E-state index contributed by atoms with van der Waals surface area (Å²) < 4.78 is 10.6. The van der Waals surface area contributed by atoms with E-state index in [0.29, 0.717) is 18.2 Å². The summed E-state index contributed by atoms with van der Waals surface area (Å²) >= 11 is 1.23. The van der Waals surface area contributed by atoms with E-state index in [-0.39, 0.29) is 29.4 Å². The molecule has 1 unspecified atom stereocenters. The molecular formula is C22H24N4O4S. The Balaban J connectivity index is 1.37. The van der Waals surface area contributed by atoms with Crippen LogP contribution in [0, 0.1) is 6.92 Å². The van der Waals surface area contributed by atoms with Crippen molar-refractivity contribution in [1.82, 2.24) is 15.5 Å². The van der Waals surface area contributed by atoms with Crippen molar-refractivity contribution in [2.75, 3.05) is 16.8 Å². The van der Waals surface area contributed by atoms with Crippen LogP contribution in [0.5, 0.6) is 5.75 Å². The van der Waals surface area contributed by atoms with Crippen LogP contribution in [-0.2, 0) is 16.2 Å². The minimum Gasteiger partial charge on any atom is -0.489 e. The number of amides is 2. The van der Waals surface area contributed by atoms with E-state index >= 15 is 0 Å². The summed E-state index contributed by atoms with van der Waals surface area (Å²) in [6.45, 7) is 4.10. The molecule has 0 saturated carbocycles. The Kier molecular flexibility index (Phi) is 8.05. The van der Waals surface area contributed by atoms with Gasteiger partial charge >= 0.3 is 0 Å². The van der Waals surface area contributed by atoms with Gasteiger partial charge in [-0.1, -0.05) is 23.4 Å². The Morgan fingerprint density at radius 1 is 1.16 bits per heavy atom. The molecule has 0 fully saturated rings. The zero-order chi connectivity index (χ0) is 22.1. The number of aryl methyl sites for hydroxylation is 1. The van der Waals surface area contributed by atoms with Gasteiger partial charge in [-0.3, -0.25) is 14.6 Å². The lowest BCUT2D eigenvalue weighted by molar-refractivity contribution is -0.119. The number of nitrogens with one attached hydrogen (secondary N) is 2. The van der Waals surface area contributed by atoms with Gasteiger partial charge in [0.1, 0.15) is 18.1 Å². The smallest absolute Gasteiger partial charge is 0.235 e. The lowest BCUT2D eigenvalue weighted by atomic mass is 10.1. The monoisotopic (exact) mass is 440 g/mol. The number of thioether (sulfide) groups is 1. The molecule has 162 valence electrons. The second-order valence-electron chi connectivity index (χ2n) is 6.87. The summed E-state index contributed by atoms with van der Waals surface area (Å²) in [5.74, 6) is 1.69. The summed E-state index contributed by atoms with van der Waals surface area (Å²) in [5, 5.41) is 9.25. The number of ether oxygens (including phenoxy) is 1. The summed E-state index contributed by atoms with van der Waals surface area (Å²) in [5.41, 5.74) is 1.96. The molecule has 31 heavy (non-hydrogen) atoms. The van der Waals surface area contributed by atoms with Crippen LogP contribution in [-0.4, -0.2) is 33.5 Å². The van der Waals surface area contributed by atoms with Crippen LogP contribution >= 0.6 is 11.8 Å². The Morgan fingerprint density at radius 2 is 1.94 bits per heavy atom. The number of hydrogen-bond acceptors (Lipinski definition) is 7. The first-order valence-corrected chi connectivity index (χ1v) is 10.9. The SMILES string of the molecule is Cc1cc(NC(=O)CSCC(=O)NC(C)c2ccc(OCc3cccnc3)cc2)no1. The lowest BCUT2D eigenvalue weighted by Crippen LogP contribution is -2.28. The van der Waals surface area contributed by atoms with E-state index in [4.69, 9.17) is 9.26 Å². The normalized spacial score (nSPS) is 11.5. The molecule has 0 saturated heterocycles. The zero-order valence-corrected chi connectivity index (χ0v) is 18.1. The third kappa shape index (κ3) is 7.45. The molecule has 3 aromatic rings. The van der Waals surface area contributed by atoms with Crippen LogP contribution in [0.2, 0.25) is 0 Å². The van der Waals surface area contributed by atoms with E-state index < -0.39 is 0 Å². The van der Waals surface area contributed by atoms with E-state index in [9.17, 15) is 9.59 Å². The molecule has 0 aliphatic carbocycles. The van der Waals surface area contributed by atoms with Crippen LogP contribution in [0.15, 0.2) is 59.4 Å². The number of hydrogen-bond donors (Lipinski definition) is 2. The number of pyridine rings is 1. The third-order valence-electron chi connectivity index (χ3n) is 4.25. The minimum absolute atomic E-state index is 0.139.